The number of sulfonamides is 1. The summed E-state index contributed by atoms with van der Waals surface area (Å²) >= 11 is 0. The van der Waals surface area contributed by atoms with Gasteiger partial charge in [0.15, 0.2) is 11.5 Å². The number of benzene rings is 2. The van der Waals surface area contributed by atoms with E-state index in [0.29, 0.717) is 29.4 Å². The monoisotopic (exact) mass is 394 g/mol. The van der Waals surface area contributed by atoms with Gasteiger partial charge in [-0.2, -0.15) is 0 Å². The molecule has 0 aliphatic rings. The number of ether oxygens (including phenoxy) is 2. The summed E-state index contributed by atoms with van der Waals surface area (Å²) in [5.74, 6) is 0.693. The number of anilines is 1. The smallest absolute Gasteiger partial charge is 0.264 e. The zero-order valence-electron chi connectivity index (χ0n) is 15.6. The van der Waals surface area contributed by atoms with Gasteiger partial charge in [0, 0.05) is 24.4 Å². The molecule has 0 unspecified atom stereocenters. The molecule has 0 radical (unpaired) electrons. The van der Waals surface area contributed by atoms with Crippen molar-refractivity contribution in [3.63, 3.8) is 0 Å². The first-order valence-electron chi connectivity index (χ1n) is 8.08. The van der Waals surface area contributed by atoms with Crippen molar-refractivity contribution in [2.24, 2.45) is 0 Å². The van der Waals surface area contributed by atoms with E-state index < -0.39 is 10.0 Å². The number of methoxy groups -OCH3 is 1. The molecule has 8 nitrogen and oxygen atoms in total. The molecule has 0 saturated carbocycles. The Hall–Kier alpha value is -2.62. The average Bonchev–Trinajstić information content (AvgIpc) is 2.68. The molecule has 0 heterocycles. The van der Waals surface area contributed by atoms with Crippen molar-refractivity contribution in [2.75, 3.05) is 33.2 Å². The van der Waals surface area contributed by atoms with Crippen LogP contribution in [0.3, 0.4) is 0 Å². The minimum Gasteiger partial charge on any atom is -0.493 e. The maximum absolute atomic E-state index is 12.4. The second-order valence-corrected chi connectivity index (χ2v) is 7.31. The quantitative estimate of drug-likeness (QED) is 0.692. The lowest BCUT2D eigenvalue weighted by atomic mass is 10.2. The molecule has 2 rings (SSSR count). The van der Waals surface area contributed by atoms with Crippen LogP contribution >= 0.6 is 0 Å². The third-order valence-electron chi connectivity index (χ3n) is 3.73. The Morgan fingerprint density at radius 1 is 1.07 bits per heavy atom. The number of hydroxylamine groups is 1. The summed E-state index contributed by atoms with van der Waals surface area (Å²) in [6.45, 7) is 2.36. The van der Waals surface area contributed by atoms with Crippen LogP contribution in [0.15, 0.2) is 47.4 Å². The van der Waals surface area contributed by atoms with Crippen molar-refractivity contribution in [3.05, 3.63) is 48.0 Å². The van der Waals surface area contributed by atoms with Gasteiger partial charge in [-0.1, -0.05) is 4.47 Å². The minimum absolute atomic E-state index is 0.0196. The molecule has 0 aliphatic carbocycles. The Morgan fingerprint density at radius 2 is 1.74 bits per heavy atom. The molecule has 0 aliphatic heterocycles. The van der Waals surface area contributed by atoms with Gasteiger partial charge >= 0.3 is 0 Å². The van der Waals surface area contributed by atoms with Crippen LogP contribution in [0.4, 0.5) is 5.69 Å². The van der Waals surface area contributed by atoms with E-state index >= 15 is 0 Å². The molecule has 0 fully saturated rings. The zero-order valence-corrected chi connectivity index (χ0v) is 16.4. The number of carbonyl (C=O) groups excluding carboxylic acids is 1. The summed E-state index contributed by atoms with van der Waals surface area (Å²) in [6, 6.07) is 10.6. The molecule has 9 heteroatoms. The van der Waals surface area contributed by atoms with Crippen LogP contribution in [0.25, 0.3) is 0 Å². The minimum atomic E-state index is -3.76. The predicted molar refractivity (Wildman–Crippen MR) is 101 cm³/mol. The highest BCUT2D eigenvalue weighted by Crippen LogP contribution is 2.30. The van der Waals surface area contributed by atoms with Gasteiger partial charge in [-0.05, 0) is 43.3 Å². The Morgan fingerprint density at radius 3 is 2.30 bits per heavy atom. The lowest BCUT2D eigenvalue weighted by molar-refractivity contribution is -0.0258. The fraction of sp³-hybridized carbons (Fsp3) is 0.278. The van der Waals surface area contributed by atoms with Crippen LogP contribution in [0, 0.1) is 0 Å². The van der Waals surface area contributed by atoms with E-state index in [2.05, 4.69) is 5.32 Å². The molecule has 0 aromatic heterocycles. The van der Waals surface area contributed by atoms with Gasteiger partial charge in [0.25, 0.3) is 15.9 Å². The highest BCUT2D eigenvalue weighted by atomic mass is 32.2. The summed E-state index contributed by atoms with van der Waals surface area (Å²) < 4.78 is 35.8. The summed E-state index contributed by atoms with van der Waals surface area (Å²) in [4.78, 5) is 17.1. The van der Waals surface area contributed by atoms with E-state index in [1.807, 2.05) is 6.92 Å². The van der Waals surface area contributed by atoms with Crippen molar-refractivity contribution in [3.8, 4) is 11.5 Å². The standard InChI is InChI=1S/C18H22N2O6S/c1-5-26-16-11-8-14(12-17(16)24-3)19-18(21)13-6-9-15(10-7-13)27(22,23)20(2)25-4/h6-12H,5H2,1-4H3,(H,19,21). The largest absolute Gasteiger partial charge is 0.493 e. The maximum atomic E-state index is 12.4. The summed E-state index contributed by atoms with van der Waals surface area (Å²) in [7, 11) is 0.294. The summed E-state index contributed by atoms with van der Waals surface area (Å²) in [6.07, 6.45) is 0. The molecule has 27 heavy (non-hydrogen) atoms. The molecule has 2 aromatic carbocycles. The third-order valence-corrected chi connectivity index (χ3v) is 5.43. The number of hydrogen-bond donors (Lipinski definition) is 1. The van der Waals surface area contributed by atoms with Gasteiger partial charge in [-0.15, -0.1) is 0 Å². The molecule has 0 saturated heterocycles. The van der Waals surface area contributed by atoms with Gasteiger partial charge in [-0.3, -0.25) is 9.63 Å². The number of nitrogens with zero attached hydrogens (tertiary/aromatic N) is 1. The molecule has 0 spiro atoms. The first-order chi connectivity index (χ1) is 12.8. The molecular formula is C18H22N2O6S. The average molecular weight is 394 g/mol. The van der Waals surface area contributed by atoms with E-state index in [1.54, 1.807) is 18.2 Å². The lowest BCUT2D eigenvalue weighted by Crippen LogP contribution is -2.25. The molecule has 0 atom stereocenters. The molecule has 2 aromatic rings. The Bertz CT molecular complexity index is 897. The zero-order chi connectivity index (χ0) is 20.0. The third kappa shape index (κ3) is 4.76. The normalized spacial score (nSPS) is 11.3. The van der Waals surface area contributed by atoms with Gasteiger partial charge in [-0.25, -0.2) is 8.42 Å². The number of rotatable bonds is 8. The number of nitrogens with one attached hydrogen (secondary N) is 1. The van der Waals surface area contributed by atoms with Crippen molar-refractivity contribution >= 4 is 21.6 Å². The van der Waals surface area contributed by atoms with Crippen molar-refractivity contribution in [1.82, 2.24) is 4.47 Å². The first kappa shape index (κ1) is 20.7. The van der Waals surface area contributed by atoms with E-state index in [9.17, 15) is 13.2 Å². The number of amides is 1. The fourth-order valence-electron chi connectivity index (χ4n) is 2.25. The van der Waals surface area contributed by atoms with Gasteiger partial charge in [0.2, 0.25) is 0 Å². The number of hydrogen-bond acceptors (Lipinski definition) is 6. The maximum Gasteiger partial charge on any atom is 0.264 e. The van der Waals surface area contributed by atoms with Crippen LogP contribution < -0.4 is 14.8 Å². The Labute approximate surface area is 158 Å². The van der Waals surface area contributed by atoms with E-state index in [4.69, 9.17) is 14.3 Å². The molecule has 0 bridgehead atoms. The van der Waals surface area contributed by atoms with Crippen LogP contribution in [0.5, 0.6) is 11.5 Å². The molecule has 146 valence electrons. The van der Waals surface area contributed by atoms with Gasteiger partial charge in [0.1, 0.15) is 0 Å². The van der Waals surface area contributed by atoms with Crippen molar-refractivity contribution in [2.45, 2.75) is 11.8 Å². The second kappa shape index (κ2) is 8.85. The SMILES string of the molecule is CCOc1ccc(NC(=O)c2ccc(S(=O)(=O)N(C)OC)cc2)cc1OC. The van der Waals surface area contributed by atoms with Crippen molar-refractivity contribution in [1.29, 1.82) is 0 Å². The van der Waals surface area contributed by atoms with E-state index in [1.165, 1.54) is 45.5 Å². The molecular weight excluding hydrogens is 372 g/mol. The summed E-state index contributed by atoms with van der Waals surface area (Å²) in [5.41, 5.74) is 0.831. The topological polar surface area (TPSA) is 94.2 Å². The van der Waals surface area contributed by atoms with Crippen LogP contribution in [0.1, 0.15) is 17.3 Å². The number of carbonyl (C=O) groups is 1. The van der Waals surface area contributed by atoms with E-state index in [0.717, 1.165) is 4.47 Å². The van der Waals surface area contributed by atoms with Crippen LogP contribution in [-0.2, 0) is 14.9 Å². The van der Waals surface area contributed by atoms with Crippen LogP contribution in [-0.4, -0.2) is 46.7 Å². The van der Waals surface area contributed by atoms with Crippen LogP contribution in [0.2, 0.25) is 0 Å². The molecule has 1 N–H and O–H groups in total. The lowest BCUT2D eigenvalue weighted by Gasteiger charge is -2.14. The predicted octanol–water partition coefficient (Wildman–Crippen LogP) is 2.53. The van der Waals surface area contributed by atoms with Gasteiger partial charge in [0.05, 0.1) is 25.7 Å². The van der Waals surface area contributed by atoms with Crippen molar-refractivity contribution < 1.29 is 27.5 Å². The molecule has 1 amide bonds. The van der Waals surface area contributed by atoms with Gasteiger partial charge < -0.3 is 14.8 Å². The Balaban J connectivity index is 2.17. The fourth-order valence-corrected chi connectivity index (χ4v) is 3.22. The highest BCUT2D eigenvalue weighted by Gasteiger charge is 2.21. The summed E-state index contributed by atoms with van der Waals surface area (Å²) in [5, 5.41) is 2.74. The van der Waals surface area contributed by atoms with E-state index in [-0.39, 0.29) is 10.8 Å². The highest BCUT2D eigenvalue weighted by molar-refractivity contribution is 7.89. The first-order valence-corrected chi connectivity index (χ1v) is 9.52. The Kier molecular flexibility index (Phi) is 6.78. The second-order valence-electron chi connectivity index (χ2n) is 5.37.